The summed E-state index contributed by atoms with van der Waals surface area (Å²) in [4.78, 5) is 14.5. The topological polar surface area (TPSA) is 29.5 Å². The van der Waals surface area contributed by atoms with Crippen LogP contribution in [0.3, 0.4) is 0 Å². The van der Waals surface area contributed by atoms with Crippen molar-refractivity contribution < 1.29 is 9.53 Å². The van der Waals surface area contributed by atoms with Gasteiger partial charge < -0.3 is 9.64 Å². The first-order valence-electron chi connectivity index (χ1n) is 7.91. The van der Waals surface area contributed by atoms with Gasteiger partial charge >= 0.3 is 0 Å². The maximum absolute atomic E-state index is 12.5. The van der Waals surface area contributed by atoms with Gasteiger partial charge in [0, 0.05) is 6.54 Å². The Morgan fingerprint density at radius 2 is 1.78 bits per heavy atom. The Hall–Kier alpha value is -1.94. The van der Waals surface area contributed by atoms with Crippen LogP contribution >= 0.6 is 11.8 Å². The lowest BCUT2D eigenvalue weighted by Gasteiger charge is -2.24. The Morgan fingerprint density at radius 3 is 2.43 bits per heavy atom. The second-order valence-corrected chi connectivity index (χ2v) is 7.01. The minimum Gasteiger partial charge on any atom is -0.494 e. The number of nitrogens with zero attached hydrogens (tertiary/aromatic N) is 1. The first-order valence-corrected chi connectivity index (χ1v) is 8.86. The second kappa shape index (κ2) is 7.09. The van der Waals surface area contributed by atoms with Crippen molar-refractivity contribution in [3.8, 4) is 5.75 Å². The smallest absolute Gasteiger partial charge is 0.236 e. The monoisotopic (exact) mass is 327 g/mol. The van der Waals surface area contributed by atoms with E-state index in [-0.39, 0.29) is 16.5 Å². The van der Waals surface area contributed by atoms with E-state index in [0.717, 1.165) is 11.3 Å². The highest BCUT2D eigenvalue weighted by atomic mass is 32.2. The minimum absolute atomic E-state index is 0.00269. The molecule has 0 aromatic heterocycles. The molecule has 23 heavy (non-hydrogen) atoms. The zero-order valence-electron chi connectivity index (χ0n) is 13.4. The number of rotatable bonds is 5. The molecule has 0 N–H and O–H groups in total. The summed E-state index contributed by atoms with van der Waals surface area (Å²) in [5.41, 5.74) is 2.30. The first-order chi connectivity index (χ1) is 11.2. The number of carbonyl (C=O) groups excluding carboxylic acids is 1. The predicted molar refractivity (Wildman–Crippen MR) is 94.4 cm³/mol. The number of hydrogen-bond acceptors (Lipinski definition) is 3. The molecule has 120 valence electrons. The number of ether oxygens (including phenoxy) is 1. The van der Waals surface area contributed by atoms with Gasteiger partial charge in [0.15, 0.2) is 0 Å². The van der Waals surface area contributed by atoms with Crippen molar-refractivity contribution in [3.05, 3.63) is 65.7 Å². The lowest BCUT2D eigenvalue weighted by Crippen LogP contribution is -2.29. The van der Waals surface area contributed by atoms with Crippen molar-refractivity contribution in [2.24, 2.45) is 0 Å². The van der Waals surface area contributed by atoms with Crippen LogP contribution in [0.2, 0.25) is 0 Å². The molecule has 2 aromatic rings. The van der Waals surface area contributed by atoms with Gasteiger partial charge in [-0.25, -0.2) is 0 Å². The molecule has 1 aliphatic heterocycles. The van der Waals surface area contributed by atoms with E-state index in [0.29, 0.717) is 13.2 Å². The minimum atomic E-state index is 0.00269. The van der Waals surface area contributed by atoms with Crippen LogP contribution in [-0.2, 0) is 11.3 Å². The molecular formula is C19H21NO2S. The lowest BCUT2D eigenvalue weighted by atomic mass is 10.1. The fraction of sp³-hybridized carbons (Fsp3) is 0.316. The Bertz CT molecular complexity index is 657. The van der Waals surface area contributed by atoms with Gasteiger partial charge in [-0.3, -0.25) is 4.79 Å². The SMILES string of the molecule is CCOc1ccc(CN2C(=O)[C@@H](C)S[C@H]2c2ccccc2)cc1. The molecule has 0 bridgehead atoms. The molecule has 1 fully saturated rings. The summed E-state index contributed by atoms with van der Waals surface area (Å²) in [5, 5.41) is 0.0909. The summed E-state index contributed by atoms with van der Waals surface area (Å²) in [6, 6.07) is 18.2. The third-order valence-corrected chi connectivity index (χ3v) is 5.31. The number of thioether (sulfide) groups is 1. The summed E-state index contributed by atoms with van der Waals surface area (Å²) in [7, 11) is 0. The summed E-state index contributed by atoms with van der Waals surface area (Å²) >= 11 is 1.72. The average Bonchev–Trinajstić information content (AvgIpc) is 2.86. The first kappa shape index (κ1) is 15.9. The lowest BCUT2D eigenvalue weighted by molar-refractivity contribution is -0.130. The Kier molecular flexibility index (Phi) is 4.91. The summed E-state index contributed by atoms with van der Waals surface area (Å²) in [5.74, 6) is 1.07. The van der Waals surface area contributed by atoms with Gasteiger partial charge in [0.1, 0.15) is 11.1 Å². The summed E-state index contributed by atoms with van der Waals surface area (Å²) in [6.45, 7) is 5.25. The molecule has 1 amide bonds. The van der Waals surface area contributed by atoms with Crippen LogP contribution in [0.5, 0.6) is 5.75 Å². The quantitative estimate of drug-likeness (QED) is 0.822. The van der Waals surface area contributed by atoms with E-state index in [1.807, 2.05) is 61.2 Å². The van der Waals surface area contributed by atoms with Crippen LogP contribution in [0.1, 0.15) is 30.3 Å². The molecule has 2 aromatic carbocycles. The zero-order valence-corrected chi connectivity index (χ0v) is 14.3. The number of amides is 1. The number of carbonyl (C=O) groups is 1. The van der Waals surface area contributed by atoms with Crippen molar-refractivity contribution in [1.82, 2.24) is 4.90 Å². The summed E-state index contributed by atoms with van der Waals surface area (Å²) < 4.78 is 5.47. The molecule has 0 aliphatic carbocycles. The molecule has 0 unspecified atom stereocenters. The fourth-order valence-electron chi connectivity index (χ4n) is 2.77. The molecule has 3 nitrogen and oxygen atoms in total. The van der Waals surface area contributed by atoms with Crippen molar-refractivity contribution in [2.45, 2.75) is 31.0 Å². The fourth-order valence-corrected chi connectivity index (χ4v) is 4.04. The van der Waals surface area contributed by atoms with Crippen LogP contribution in [0.25, 0.3) is 0 Å². The van der Waals surface area contributed by atoms with Crippen LogP contribution in [0.15, 0.2) is 54.6 Å². The molecule has 1 aliphatic rings. The van der Waals surface area contributed by atoms with Gasteiger partial charge in [-0.1, -0.05) is 42.5 Å². The van der Waals surface area contributed by atoms with Gasteiger partial charge in [-0.2, -0.15) is 0 Å². The largest absolute Gasteiger partial charge is 0.494 e. The standard InChI is InChI=1S/C19H21NO2S/c1-3-22-17-11-9-15(10-12-17)13-20-18(21)14(2)23-19(20)16-7-5-4-6-8-16/h4-12,14,19H,3,13H2,1-2H3/t14-,19+/m1/s1. The average molecular weight is 327 g/mol. The molecule has 0 radical (unpaired) electrons. The molecule has 3 rings (SSSR count). The second-order valence-electron chi connectivity index (χ2n) is 5.58. The Morgan fingerprint density at radius 1 is 1.09 bits per heavy atom. The third-order valence-electron chi connectivity index (χ3n) is 3.92. The Labute approximate surface area is 141 Å². The third kappa shape index (κ3) is 3.53. The van der Waals surface area contributed by atoms with Gasteiger partial charge in [-0.05, 0) is 37.1 Å². The van der Waals surface area contributed by atoms with Crippen LogP contribution in [-0.4, -0.2) is 22.7 Å². The number of benzene rings is 2. The maximum Gasteiger partial charge on any atom is 0.236 e. The van der Waals surface area contributed by atoms with Crippen molar-refractivity contribution in [1.29, 1.82) is 0 Å². The van der Waals surface area contributed by atoms with E-state index < -0.39 is 0 Å². The molecule has 0 spiro atoms. The normalized spacial score (nSPS) is 20.8. The van der Waals surface area contributed by atoms with E-state index in [9.17, 15) is 4.79 Å². The van der Waals surface area contributed by atoms with E-state index >= 15 is 0 Å². The molecule has 1 saturated heterocycles. The van der Waals surface area contributed by atoms with E-state index in [1.165, 1.54) is 5.56 Å². The van der Waals surface area contributed by atoms with Gasteiger partial charge in [0.25, 0.3) is 0 Å². The van der Waals surface area contributed by atoms with E-state index in [4.69, 9.17) is 4.74 Å². The highest BCUT2D eigenvalue weighted by Gasteiger charge is 2.38. The predicted octanol–water partition coefficient (Wildman–Crippen LogP) is 4.25. The van der Waals surface area contributed by atoms with E-state index in [1.54, 1.807) is 11.8 Å². The van der Waals surface area contributed by atoms with Gasteiger partial charge in [0.2, 0.25) is 5.91 Å². The van der Waals surface area contributed by atoms with Crippen molar-refractivity contribution >= 4 is 17.7 Å². The summed E-state index contributed by atoms with van der Waals surface area (Å²) in [6.07, 6.45) is 0. The maximum atomic E-state index is 12.5. The Balaban J connectivity index is 1.79. The van der Waals surface area contributed by atoms with Crippen LogP contribution < -0.4 is 4.74 Å². The van der Waals surface area contributed by atoms with Crippen LogP contribution in [0, 0.1) is 0 Å². The molecule has 4 heteroatoms. The van der Waals surface area contributed by atoms with E-state index in [2.05, 4.69) is 12.1 Å². The highest BCUT2D eigenvalue weighted by Crippen LogP contribution is 2.43. The zero-order chi connectivity index (χ0) is 16.2. The van der Waals surface area contributed by atoms with Gasteiger partial charge in [0.05, 0.1) is 11.9 Å². The molecule has 1 heterocycles. The van der Waals surface area contributed by atoms with Gasteiger partial charge in [-0.15, -0.1) is 11.8 Å². The van der Waals surface area contributed by atoms with Crippen molar-refractivity contribution in [2.75, 3.05) is 6.61 Å². The van der Waals surface area contributed by atoms with Crippen molar-refractivity contribution in [3.63, 3.8) is 0 Å². The molecule has 2 atom stereocenters. The number of hydrogen-bond donors (Lipinski definition) is 0. The molecule has 0 saturated carbocycles. The van der Waals surface area contributed by atoms with Crippen LogP contribution in [0.4, 0.5) is 0 Å². The highest BCUT2D eigenvalue weighted by molar-refractivity contribution is 8.01. The molecular weight excluding hydrogens is 306 g/mol.